The van der Waals surface area contributed by atoms with Crippen LogP contribution in [0.1, 0.15) is 32.1 Å². The third-order valence-electron chi connectivity index (χ3n) is 4.20. The summed E-state index contributed by atoms with van der Waals surface area (Å²) in [7, 11) is -3.65. The third-order valence-corrected chi connectivity index (χ3v) is 7.23. The van der Waals surface area contributed by atoms with Crippen LogP contribution in [0.5, 0.6) is 0 Å². The minimum Gasteiger partial charge on any atom is -0.272 e. The Bertz CT molecular complexity index is 528. The van der Waals surface area contributed by atoms with Crippen molar-refractivity contribution in [3.05, 3.63) is 0 Å². The SMILES string of the molecule is O=C1[C@@H]2CSCCS(=O)(=O)N2C(=O)N1C1CCCCC1. The van der Waals surface area contributed by atoms with E-state index < -0.39 is 22.1 Å². The van der Waals surface area contributed by atoms with Gasteiger partial charge < -0.3 is 0 Å². The second-order valence-electron chi connectivity index (χ2n) is 5.49. The van der Waals surface area contributed by atoms with Gasteiger partial charge in [-0.25, -0.2) is 17.5 Å². The number of urea groups is 1. The molecule has 0 N–H and O–H groups in total. The third kappa shape index (κ3) is 2.22. The molecule has 0 bridgehead atoms. The number of sulfonamides is 1. The molecule has 0 aromatic heterocycles. The summed E-state index contributed by atoms with van der Waals surface area (Å²) in [4.78, 5) is 26.2. The molecular formula is C12H18N2O4S2. The monoisotopic (exact) mass is 318 g/mol. The molecule has 3 rings (SSSR count). The Labute approximate surface area is 122 Å². The van der Waals surface area contributed by atoms with Crippen molar-refractivity contribution >= 4 is 33.7 Å². The van der Waals surface area contributed by atoms with E-state index in [1.165, 1.54) is 16.7 Å². The van der Waals surface area contributed by atoms with Crippen molar-refractivity contribution in [2.24, 2.45) is 0 Å². The van der Waals surface area contributed by atoms with E-state index >= 15 is 0 Å². The zero-order valence-corrected chi connectivity index (χ0v) is 12.8. The van der Waals surface area contributed by atoms with E-state index in [4.69, 9.17) is 0 Å². The maximum absolute atomic E-state index is 12.5. The van der Waals surface area contributed by atoms with Crippen molar-refractivity contribution in [3.8, 4) is 0 Å². The lowest BCUT2D eigenvalue weighted by atomic mass is 9.94. The molecule has 2 aliphatic heterocycles. The molecule has 0 aromatic rings. The van der Waals surface area contributed by atoms with E-state index in [9.17, 15) is 18.0 Å². The molecule has 8 heteroatoms. The zero-order chi connectivity index (χ0) is 14.3. The predicted octanol–water partition coefficient (Wildman–Crippen LogP) is 1.03. The quantitative estimate of drug-likeness (QED) is 0.675. The number of amides is 3. The van der Waals surface area contributed by atoms with E-state index in [1.807, 2.05) is 0 Å². The van der Waals surface area contributed by atoms with Gasteiger partial charge in [-0.2, -0.15) is 11.8 Å². The number of hydrogen-bond donors (Lipinski definition) is 0. The topological polar surface area (TPSA) is 74.8 Å². The van der Waals surface area contributed by atoms with Gasteiger partial charge in [0.25, 0.3) is 5.91 Å². The number of rotatable bonds is 1. The van der Waals surface area contributed by atoms with Crippen LogP contribution in [0.2, 0.25) is 0 Å². The van der Waals surface area contributed by atoms with Crippen molar-refractivity contribution in [1.82, 2.24) is 9.21 Å². The maximum atomic E-state index is 12.5. The Balaban J connectivity index is 1.92. The van der Waals surface area contributed by atoms with Gasteiger partial charge in [-0.15, -0.1) is 0 Å². The number of carbonyl (C=O) groups is 2. The van der Waals surface area contributed by atoms with Crippen LogP contribution in [0.25, 0.3) is 0 Å². The molecule has 0 unspecified atom stereocenters. The summed E-state index contributed by atoms with van der Waals surface area (Å²) in [5, 5.41) is 0. The molecule has 2 saturated heterocycles. The Kier molecular flexibility index (Phi) is 3.70. The molecule has 112 valence electrons. The molecule has 1 aliphatic carbocycles. The fourth-order valence-corrected chi connectivity index (χ4v) is 6.34. The van der Waals surface area contributed by atoms with Crippen LogP contribution in [0.15, 0.2) is 0 Å². The molecule has 20 heavy (non-hydrogen) atoms. The molecule has 1 saturated carbocycles. The van der Waals surface area contributed by atoms with Crippen molar-refractivity contribution in [3.63, 3.8) is 0 Å². The molecule has 0 spiro atoms. The van der Waals surface area contributed by atoms with Gasteiger partial charge in [0.1, 0.15) is 6.04 Å². The van der Waals surface area contributed by atoms with Gasteiger partial charge in [0.05, 0.1) is 5.75 Å². The Morgan fingerprint density at radius 1 is 1.10 bits per heavy atom. The largest absolute Gasteiger partial charge is 0.341 e. The molecule has 0 aromatic carbocycles. The number of fused-ring (bicyclic) bond motifs is 1. The highest BCUT2D eigenvalue weighted by molar-refractivity contribution is 8.01. The fourth-order valence-electron chi connectivity index (χ4n) is 3.18. The normalized spacial score (nSPS) is 31.3. The summed E-state index contributed by atoms with van der Waals surface area (Å²) < 4.78 is 25.2. The summed E-state index contributed by atoms with van der Waals surface area (Å²) in [6.07, 6.45) is 4.70. The minimum absolute atomic E-state index is 0.0638. The number of imide groups is 1. The summed E-state index contributed by atoms with van der Waals surface area (Å²) in [5.74, 6) is 0.442. The van der Waals surface area contributed by atoms with Gasteiger partial charge in [-0.3, -0.25) is 9.69 Å². The Hall–Kier alpha value is -0.760. The van der Waals surface area contributed by atoms with Crippen LogP contribution in [0.4, 0.5) is 4.79 Å². The van der Waals surface area contributed by atoms with Gasteiger partial charge in [0, 0.05) is 17.5 Å². The summed E-state index contributed by atoms with van der Waals surface area (Å²) >= 11 is 1.43. The second kappa shape index (κ2) is 5.22. The first-order valence-corrected chi connectivity index (χ1v) is 9.75. The number of nitrogens with zero attached hydrogens (tertiary/aromatic N) is 2. The van der Waals surface area contributed by atoms with E-state index in [0.29, 0.717) is 11.5 Å². The van der Waals surface area contributed by atoms with Gasteiger partial charge in [-0.1, -0.05) is 19.3 Å². The first kappa shape index (κ1) is 14.2. The number of hydrogen-bond acceptors (Lipinski definition) is 5. The van der Waals surface area contributed by atoms with E-state index in [2.05, 4.69) is 0 Å². The fraction of sp³-hybridized carbons (Fsp3) is 0.833. The molecular weight excluding hydrogens is 300 g/mol. The first-order chi connectivity index (χ1) is 9.52. The van der Waals surface area contributed by atoms with Crippen molar-refractivity contribution in [1.29, 1.82) is 0 Å². The number of carbonyl (C=O) groups excluding carboxylic acids is 2. The molecule has 3 fully saturated rings. The van der Waals surface area contributed by atoms with Crippen LogP contribution in [0.3, 0.4) is 0 Å². The summed E-state index contributed by atoms with van der Waals surface area (Å²) in [5.41, 5.74) is 0. The molecule has 0 radical (unpaired) electrons. The smallest absolute Gasteiger partial charge is 0.272 e. The standard InChI is InChI=1S/C12H18N2O4S2/c15-11-10-8-19-6-7-20(17,18)14(10)12(16)13(11)9-4-2-1-3-5-9/h9-10H,1-8H2/t10-/m0/s1. The Morgan fingerprint density at radius 3 is 2.50 bits per heavy atom. The Morgan fingerprint density at radius 2 is 1.80 bits per heavy atom. The van der Waals surface area contributed by atoms with Crippen LogP contribution < -0.4 is 0 Å². The molecule has 3 amide bonds. The average molecular weight is 318 g/mol. The summed E-state index contributed by atoms with van der Waals surface area (Å²) in [6.45, 7) is 0. The highest BCUT2D eigenvalue weighted by Gasteiger charge is 2.53. The second-order valence-corrected chi connectivity index (χ2v) is 8.60. The average Bonchev–Trinajstić information content (AvgIpc) is 2.56. The van der Waals surface area contributed by atoms with Crippen LogP contribution >= 0.6 is 11.8 Å². The predicted molar refractivity (Wildman–Crippen MR) is 75.9 cm³/mol. The van der Waals surface area contributed by atoms with Crippen LogP contribution in [0, 0.1) is 0 Å². The molecule has 2 heterocycles. The molecule has 6 nitrogen and oxygen atoms in total. The zero-order valence-electron chi connectivity index (χ0n) is 11.2. The van der Waals surface area contributed by atoms with E-state index in [1.54, 1.807) is 0 Å². The maximum Gasteiger partial charge on any atom is 0.341 e. The first-order valence-electron chi connectivity index (χ1n) is 6.99. The van der Waals surface area contributed by atoms with Gasteiger partial charge >= 0.3 is 6.03 Å². The van der Waals surface area contributed by atoms with Crippen LogP contribution in [-0.2, 0) is 14.8 Å². The van der Waals surface area contributed by atoms with E-state index in [-0.39, 0.29) is 17.7 Å². The lowest BCUT2D eigenvalue weighted by Crippen LogP contribution is -2.43. The molecule has 1 atom stereocenters. The number of thioether (sulfide) groups is 1. The van der Waals surface area contributed by atoms with Gasteiger partial charge in [0.15, 0.2) is 0 Å². The van der Waals surface area contributed by atoms with E-state index in [0.717, 1.165) is 36.4 Å². The van der Waals surface area contributed by atoms with Gasteiger partial charge in [0.2, 0.25) is 10.0 Å². The lowest BCUT2D eigenvalue weighted by Gasteiger charge is -2.29. The van der Waals surface area contributed by atoms with Crippen molar-refractivity contribution in [2.45, 2.75) is 44.2 Å². The lowest BCUT2D eigenvalue weighted by molar-refractivity contribution is -0.129. The highest BCUT2D eigenvalue weighted by Crippen LogP contribution is 2.33. The molecule has 3 aliphatic rings. The highest BCUT2D eigenvalue weighted by atomic mass is 32.2. The van der Waals surface area contributed by atoms with Crippen molar-refractivity contribution < 1.29 is 18.0 Å². The minimum atomic E-state index is -3.65. The summed E-state index contributed by atoms with van der Waals surface area (Å²) in [6, 6.07) is -1.55. The van der Waals surface area contributed by atoms with Gasteiger partial charge in [-0.05, 0) is 12.8 Å². The van der Waals surface area contributed by atoms with Crippen LogP contribution in [-0.4, -0.2) is 58.9 Å². The van der Waals surface area contributed by atoms with Crippen molar-refractivity contribution in [2.75, 3.05) is 17.3 Å².